The van der Waals surface area contributed by atoms with Crippen molar-refractivity contribution < 1.29 is 0 Å². The Hall–Kier alpha value is -1.31. The predicted molar refractivity (Wildman–Crippen MR) is 63.4 cm³/mol. The molecule has 0 N–H and O–H groups in total. The molecule has 2 nitrogen and oxygen atoms in total. The molecule has 2 aromatic rings. The average molecular weight is 202 g/mol. The Labute approximate surface area is 91.0 Å². The Morgan fingerprint density at radius 3 is 2.33 bits per heavy atom. The van der Waals surface area contributed by atoms with E-state index in [-0.39, 0.29) is 0 Å². The highest BCUT2D eigenvalue weighted by Crippen LogP contribution is 2.27. The molecule has 0 aromatic carbocycles. The Kier molecular flexibility index (Phi) is 2.51. The van der Waals surface area contributed by atoms with Crippen LogP contribution < -0.4 is 0 Å². The smallest absolute Gasteiger partial charge is 0.0990 e. The minimum atomic E-state index is 0.522. The number of nitrogens with zero attached hydrogens (tertiary/aromatic N) is 2. The topological polar surface area (TPSA) is 17.3 Å². The van der Waals surface area contributed by atoms with E-state index in [9.17, 15) is 0 Å². The Balaban J connectivity index is 2.75. The molecule has 0 radical (unpaired) electrons. The van der Waals surface area contributed by atoms with E-state index in [0.717, 1.165) is 0 Å². The molecular weight excluding hydrogens is 184 g/mol. The van der Waals surface area contributed by atoms with Gasteiger partial charge in [-0.1, -0.05) is 27.7 Å². The maximum Gasteiger partial charge on any atom is 0.0990 e. The molecule has 0 spiro atoms. The monoisotopic (exact) mass is 202 g/mol. The number of hydrogen-bond acceptors (Lipinski definition) is 1. The molecule has 15 heavy (non-hydrogen) atoms. The first-order valence-electron chi connectivity index (χ1n) is 5.55. The van der Waals surface area contributed by atoms with Crippen molar-refractivity contribution in [2.45, 2.75) is 39.5 Å². The Bertz CT molecular complexity index is 466. The summed E-state index contributed by atoms with van der Waals surface area (Å²) < 4.78 is 2.13. The van der Waals surface area contributed by atoms with E-state index in [0.29, 0.717) is 11.8 Å². The average Bonchev–Trinajstić information content (AvgIpc) is 2.60. The van der Waals surface area contributed by atoms with Crippen LogP contribution in [0.25, 0.3) is 5.52 Å². The largest absolute Gasteiger partial charge is 0.307 e. The van der Waals surface area contributed by atoms with Crippen molar-refractivity contribution in [1.29, 1.82) is 0 Å². The second-order valence-corrected chi connectivity index (χ2v) is 4.69. The third-order valence-corrected chi connectivity index (χ3v) is 2.87. The Morgan fingerprint density at radius 1 is 1.07 bits per heavy atom. The van der Waals surface area contributed by atoms with Crippen LogP contribution in [0.15, 0.2) is 24.8 Å². The van der Waals surface area contributed by atoms with Crippen LogP contribution in [0.5, 0.6) is 0 Å². The van der Waals surface area contributed by atoms with E-state index >= 15 is 0 Å². The highest BCUT2D eigenvalue weighted by molar-refractivity contribution is 5.63. The lowest BCUT2D eigenvalue weighted by Crippen LogP contribution is -1.97. The standard InChI is InChI=1S/C13H18N2/c1-9(2)11-5-6-15-8-14-7-12(10(3)4)13(11)15/h5-10H,1-4H3. The lowest BCUT2D eigenvalue weighted by Gasteiger charge is -2.11. The highest BCUT2D eigenvalue weighted by Gasteiger charge is 2.12. The Morgan fingerprint density at radius 2 is 1.73 bits per heavy atom. The van der Waals surface area contributed by atoms with Gasteiger partial charge in [0.1, 0.15) is 0 Å². The third-order valence-electron chi connectivity index (χ3n) is 2.87. The van der Waals surface area contributed by atoms with Gasteiger partial charge >= 0.3 is 0 Å². The molecule has 2 rings (SSSR count). The molecule has 0 fully saturated rings. The maximum atomic E-state index is 4.27. The summed E-state index contributed by atoms with van der Waals surface area (Å²) in [7, 11) is 0. The minimum absolute atomic E-state index is 0.522. The molecule has 0 aliphatic carbocycles. The molecule has 2 heterocycles. The van der Waals surface area contributed by atoms with Gasteiger partial charge in [-0.3, -0.25) is 0 Å². The van der Waals surface area contributed by atoms with Gasteiger partial charge in [-0.25, -0.2) is 4.98 Å². The van der Waals surface area contributed by atoms with Crippen molar-refractivity contribution in [2.75, 3.05) is 0 Å². The fourth-order valence-electron chi connectivity index (χ4n) is 2.01. The van der Waals surface area contributed by atoms with Crippen LogP contribution in [0.2, 0.25) is 0 Å². The summed E-state index contributed by atoms with van der Waals surface area (Å²) in [6, 6.07) is 2.20. The highest BCUT2D eigenvalue weighted by atomic mass is 14.9. The van der Waals surface area contributed by atoms with Gasteiger partial charge in [-0.15, -0.1) is 0 Å². The fourth-order valence-corrected chi connectivity index (χ4v) is 2.01. The van der Waals surface area contributed by atoms with Gasteiger partial charge in [0, 0.05) is 12.4 Å². The van der Waals surface area contributed by atoms with Crippen molar-refractivity contribution in [1.82, 2.24) is 9.38 Å². The number of fused-ring (bicyclic) bond motifs is 1. The quantitative estimate of drug-likeness (QED) is 0.727. The third kappa shape index (κ3) is 1.65. The van der Waals surface area contributed by atoms with Gasteiger partial charge in [0.25, 0.3) is 0 Å². The summed E-state index contributed by atoms with van der Waals surface area (Å²) in [5.41, 5.74) is 4.10. The SMILES string of the molecule is CC(C)c1ccn2cncc(C(C)C)c12. The number of aromatic nitrogens is 2. The van der Waals surface area contributed by atoms with Crippen molar-refractivity contribution in [2.24, 2.45) is 0 Å². The molecule has 0 aliphatic rings. The second kappa shape index (κ2) is 3.69. The van der Waals surface area contributed by atoms with Gasteiger partial charge in [0.2, 0.25) is 0 Å². The molecule has 80 valence electrons. The molecular formula is C13H18N2. The van der Waals surface area contributed by atoms with Crippen LogP contribution in [0.4, 0.5) is 0 Å². The normalized spacial score (nSPS) is 11.9. The van der Waals surface area contributed by atoms with Gasteiger partial charge in [-0.05, 0) is 29.0 Å². The van der Waals surface area contributed by atoms with Gasteiger partial charge < -0.3 is 4.40 Å². The predicted octanol–water partition coefficient (Wildman–Crippen LogP) is 3.58. The van der Waals surface area contributed by atoms with E-state index in [1.165, 1.54) is 16.6 Å². The van der Waals surface area contributed by atoms with Gasteiger partial charge in [0.05, 0.1) is 11.8 Å². The first kappa shape index (κ1) is 10.2. The molecule has 2 heteroatoms. The van der Waals surface area contributed by atoms with Crippen LogP contribution >= 0.6 is 0 Å². The van der Waals surface area contributed by atoms with Crippen molar-refractivity contribution in [3.05, 3.63) is 35.9 Å². The summed E-state index contributed by atoms with van der Waals surface area (Å²) in [5, 5.41) is 0. The van der Waals surface area contributed by atoms with Crippen LogP contribution in [0.3, 0.4) is 0 Å². The zero-order valence-electron chi connectivity index (χ0n) is 9.86. The van der Waals surface area contributed by atoms with Crippen LogP contribution in [0, 0.1) is 0 Å². The molecule has 0 aliphatic heterocycles. The summed E-state index contributed by atoms with van der Waals surface area (Å²) in [6.45, 7) is 8.90. The second-order valence-electron chi connectivity index (χ2n) is 4.69. The summed E-state index contributed by atoms with van der Waals surface area (Å²) in [4.78, 5) is 4.27. The van der Waals surface area contributed by atoms with E-state index in [1.54, 1.807) is 0 Å². The van der Waals surface area contributed by atoms with E-state index in [4.69, 9.17) is 0 Å². The van der Waals surface area contributed by atoms with E-state index in [1.807, 2.05) is 12.5 Å². The molecule has 2 aromatic heterocycles. The zero-order chi connectivity index (χ0) is 11.0. The molecule has 0 saturated carbocycles. The van der Waals surface area contributed by atoms with Crippen molar-refractivity contribution in [3.63, 3.8) is 0 Å². The molecule has 0 bridgehead atoms. The fraction of sp³-hybridized carbons (Fsp3) is 0.462. The molecule has 0 saturated heterocycles. The van der Waals surface area contributed by atoms with Gasteiger partial charge in [-0.2, -0.15) is 0 Å². The zero-order valence-corrected chi connectivity index (χ0v) is 9.86. The molecule has 0 atom stereocenters. The van der Waals surface area contributed by atoms with Crippen LogP contribution in [0.1, 0.15) is 50.7 Å². The maximum absolute atomic E-state index is 4.27. The lowest BCUT2D eigenvalue weighted by molar-refractivity contribution is 0.837. The van der Waals surface area contributed by atoms with Crippen molar-refractivity contribution >= 4 is 5.52 Å². The van der Waals surface area contributed by atoms with Gasteiger partial charge in [0.15, 0.2) is 0 Å². The molecule has 0 unspecified atom stereocenters. The first-order valence-corrected chi connectivity index (χ1v) is 5.55. The molecule has 0 amide bonds. The number of hydrogen-bond donors (Lipinski definition) is 0. The number of rotatable bonds is 2. The lowest BCUT2D eigenvalue weighted by atomic mass is 9.98. The van der Waals surface area contributed by atoms with E-state index < -0.39 is 0 Å². The van der Waals surface area contributed by atoms with E-state index in [2.05, 4.69) is 49.3 Å². The summed E-state index contributed by atoms with van der Waals surface area (Å²) in [5.74, 6) is 1.09. The summed E-state index contributed by atoms with van der Waals surface area (Å²) >= 11 is 0. The van der Waals surface area contributed by atoms with Crippen LogP contribution in [-0.2, 0) is 0 Å². The first-order chi connectivity index (χ1) is 7.11. The van der Waals surface area contributed by atoms with Crippen LogP contribution in [-0.4, -0.2) is 9.38 Å². The van der Waals surface area contributed by atoms with Crippen molar-refractivity contribution in [3.8, 4) is 0 Å². The minimum Gasteiger partial charge on any atom is -0.307 e. The summed E-state index contributed by atoms with van der Waals surface area (Å²) in [6.07, 6.45) is 5.97.